The van der Waals surface area contributed by atoms with Crippen molar-refractivity contribution in [3.8, 4) is 0 Å². The first kappa shape index (κ1) is 8.90. The molecule has 0 amide bonds. The smallest absolute Gasteiger partial charge is 0.218 e. The fraction of sp³-hybridized carbons (Fsp3) is 0.500. The zero-order valence-corrected chi connectivity index (χ0v) is 7.29. The van der Waals surface area contributed by atoms with Gasteiger partial charge in [0.1, 0.15) is 12.1 Å². The zero-order chi connectivity index (χ0) is 8.97. The molecule has 1 aromatic rings. The molecule has 0 atom stereocenters. The first-order valence-corrected chi connectivity index (χ1v) is 4.00. The van der Waals surface area contributed by atoms with Gasteiger partial charge in [0.05, 0.1) is 0 Å². The summed E-state index contributed by atoms with van der Waals surface area (Å²) in [6, 6.07) is 1.34. The van der Waals surface area contributed by atoms with Crippen molar-refractivity contribution in [2.75, 3.05) is 18.0 Å². The SMILES string of the molecule is CCN(CC)c1cc(F)ncn1. The summed E-state index contributed by atoms with van der Waals surface area (Å²) >= 11 is 0. The van der Waals surface area contributed by atoms with Gasteiger partial charge in [0.25, 0.3) is 0 Å². The summed E-state index contributed by atoms with van der Waals surface area (Å²) in [6.45, 7) is 5.66. The van der Waals surface area contributed by atoms with Crippen molar-refractivity contribution in [2.45, 2.75) is 13.8 Å². The summed E-state index contributed by atoms with van der Waals surface area (Å²) in [7, 11) is 0. The number of halogens is 1. The maximum Gasteiger partial charge on any atom is 0.218 e. The first-order valence-electron chi connectivity index (χ1n) is 4.00. The predicted octanol–water partition coefficient (Wildman–Crippen LogP) is 1.46. The molecule has 0 saturated carbocycles. The van der Waals surface area contributed by atoms with E-state index in [1.165, 1.54) is 12.4 Å². The number of rotatable bonds is 3. The maximum absolute atomic E-state index is 12.6. The molecular weight excluding hydrogens is 157 g/mol. The van der Waals surface area contributed by atoms with Gasteiger partial charge in [-0.05, 0) is 13.8 Å². The zero-order valence-electron chi connectivity index (χ0n) is 7.29. The number of aromatic nitrogens is 2. The highest BCUT2D eigenvalue weighted by molar-refractivity contribution is 5.36. The molecular formula is C8H12FN3. The predicted molar refractivity (Wildman–Crippen MR) is 45.6 cm³/mol. The molecule has 0 bridgehead atoms. The average Bonchev–Trinajstić information content (AvgIpc) is 2.07. The van der Waals surface area contributed by atoms with Gasteiger partial charge in [-0.15, -0.1) is 0 Å². The third-order valence-corrected chi connectivity index (χ3v) is 1.71. The Morgan fingerprint density at radius 3 is 2.50 bits per heavy atom. The Balaban J connectivity index is 2.85. The van der Waals surface area contributed by atoms with Crippen LogP contribution in [-0.2, 0) is 0 Å². The number of hydrogen-bond acceptors (Lipinski definition) is 3. The van der Waals surface area contributed by atoms with Crippen LogP contribution in [-0.4, -0.2) is 23.1 Å². The fourth-order valence-corrected chi connectivity index (χ4v) is 1.04. The normalized spacial score (nSPS) is 9.92. The standard InChI is InChI=1S/C8H12FN3/c1-3-12(4-2)8-5-7(9)10-6-11-8/h5-6H,3-4H2,1-2H3. The quantitative estimate of drug-likeness (QED) is 0.641. The molecule has 4 heteroatoms. The molecule has 0 spiro atoms. The van der Waals surface area contributed by atoms with E-state index in [1.54, 1.807) is 0 Å². The van der Waals surface area contributed by atoms with E-state index in [1.807, 2.05) is 18.7 Å². The molecule has 0 fully saturated rings. The lowest BCUT2D eigenvalue weighted by Gasteiger charge is -2.18. The summed E-state index contributed by atoms with van der Waals surface area (Å²) in [5, 5.41) is 0. The minimum atomic E-state index is -0.480. The Morgan fingerprint density at radius 1 is 1.33 bits per heavy atom. The third-order valence-electron chi connectivity index (χ3n) is 1.71. The summed E-state index contributed by atoms with van der Waals surface area (Å²) in [5.41, 5.74) is 0. The van der Waals surface area contributed by atoms with Crippen LogP contribution in [0.15, 0.2) is 12.4 Å². The summed E-state index contributed by atoms with van der Waals surface area (Å²) < 4.78 is 12.6. The average molecular weight is 169 g/mol. The van der Waals surface area contributed by atoms with Crippen LogP contribution in [0.5, 0.6) is 0 Å². The van der Waals surface area contributed by atoms with Crippen LogP contribution in [0.3, 0.4) is 0 Å². The Kier molecular flexibility index (Phi) is 2.96. The lowest BCUT2D eigenvalue weighted by Crippen LogP contribution is -2.23. The van der Waals surface area contributed by atoms with Crippen LogP contribution in [0.25, 0.3) is 0 Å². The molecule has 1 heterocycles. The monoisotopic (exact) mass is 169 g/mol. The van der Waals surface area contributed by atoms with Crippen LogP contribution in [0.2, 0.25) is 0 Å². The molecule has 0 N–H and O–H groups in total. The number of hydrogen-bond donors (Lipinski definition) is 0. The third kappa shape index (κ3) is 1.90. The van der Waals surface area contributed by atoms with Gasteiger partial charge < -0.3 is 4.90 Å². The van der Waals surface area contributed by atoms with E-state index in [0.717, 1.165) is 13.1 Å². The largest absolute Gasteiger partial charge is 0.357 e. The topological polar surface area (TPSA) is 29.0 Å². The summed E-state index contributed by atoms with van der Waals surface area (Å²) in [4.78, 5) is 9.31. The Morgan fingerprint density at radius 2 is 2.00 bits per heavy atom. The second-order valence-corrected chi connectivity index (χ2v) is 2.37. The van der Waals surface area contributed by atoms with Crippen molar-refractivity contribution in [1.29, 1.82) is 0 Å². The molecule has 0 unspecified atom stereocenters. The summed E-state index contributed by atoms with van der Waals surface area (Å²) in [6.07, 6.45) is 1.24. The van der Waals surface area contributed by atoms with E-state index in [0.29, 0.717) is 5.82 Å². The Bertz CT molecular complexity index is 248. The summed E-state index contributed by atoms with van der Waals surface area (Å²) in [5.74, 6) is 0.166. The molecule has 0 aliphatic heterocycles. The number of anilines is 1. The number of nitrogens with zero attached hydrogens (tertiary/aromatic N) is 3. The second kappa shape index (κ2) is 3.99. The molecule has 1 rings (SSSR count). The van der Waals surface area contributed by atoms with Gasteiger partial charge in [-0.2, -0.15) is 4.39 Å². The van der Waals surface area contributed by atoms with E-state index in [4.69, 9.17) is 0 Å². The van der Waals surface area contributed by atoms with Crippen LogP contribution < -0.4 is 4.90 Å². The van der Waals surface area contributed by atoms with Crippen LogP contribution in [0.1, 0.15) is 13.8 Å². The maximum atomic E-state index is 12.6. The molecule has 3 nitrogen and oxygen atoms in total. The molecule has 0 aliphatic rings. The minimum Gasteiger partial charge on any atom is -0.357 e. The molecule has 66 valence electrons. The molecule has 0 aliphatic carbocycles. The van der Waals surface area contributed by atoms with Crippen molar-refractivity contribution in [3.63, 3.8) is 0 Å². The van der Waals surface area contributed by atoms with Gasteiger partial charge >= 0.3 is 0 Å². The Labute approximate surface area is 71.3 Å². The van der Waals surface area contributed by atoms with Gasteiger partial charge in [-0.25, -0.2) is 9.97 Å². The van der Waals surface area contributed by atoms with E-state index < -0.39 is 5.95 Å². The van der Waals surface area contributed by atoms with E-state index in [2.05, 4.69) is 9.97 Å². The molecule has 0 saturated heterocycles. The van der Waals surface area contributed by atoms with Gasteiger partial charge in [0, 0.05) is 19.2 Å². The molecule has 0 radical (unpaired) electrons. The van der Waals surface area contributed by atoms with Gasteiger partial charge in [0.15, 0.2) is 0 Å². The van der Waals surface area contributed by atoms with Gasteiger partial charge in [0.2, 0.25) is 5.95 Å². The van der Waals surface area contributed by atoms with E-state index in [9.17, 15) is 4.39 Å². The van der Waals surface area contributed by atoms with Crippen LogP contribution in [0.4, 0.5) is 10.2 Å². The highest BCUT2D eigenvalue weighted by Gasteiger charge is 2.03. The van der Waals surface area contributed by atoms with Crippen molar-refractivity contribution in [1.82, 2.24) is 9.97 Å². The van der Waals surface area contributed by atoms with E-state index >= 15 is 0 Å². The van der Waals surface area contributed by atoms with Gasteiger partial charge in [-0.1, -0.05) is 0 Å². The van der Waals surface area contributed by atoms with E-state index in [-0.39, 0.29) is 0 Å². The first-order chi connectivity index (χ1) is 5.77. The highest BCUT2D eigenvalue weighted by atomic mass is 19.1. The second-order valence-electron chi connectivity index (χ2n) is 2.37. The lowest BCUT2D eigenvalue weighted by molar-refractivity contribution is 0.578. The van der Waals surface area contributed by atoms with Crippen LogP contribution >= 0.6 is 0 Å². The molecule has 12 heavy (non-hydrogen) atoms. The fourth-order valence-electron chi connectivity index (χ4n) is 1.04. The van der Waals surface area contributed by atoms with Crippen molar-refractivity contribution < 1.29 is 4.39 Å². The van der Waals surface area contributed by atoms with Crippen molar-refractivity contribution >= 4 is 5.82 Å². The van der Waals surface area contributed by atoms with Crippen molar-refractivity contribution in [3.05, 3.63) is 18.3 Å². The van der Waals surface area contributed by atoms with Crippen molar-refractivity contribution in [2.24, 2.45) is 0 Å². The molecule has 1 aromatic heterocycles. The van der Waals surface area contributed by atoms with Crippen LogP contribution in [0, 0.1) is 5.95 Å². The minimum absolute atomic E-state index is 0.480. The molecule has 0 aromatic carbocycles. The highest BCUT2D eigenvalue weighted by Crippen LogP contribution is 2.08. The van der Waals surface area contributed by atoms with Gasteiger partial charge in [-0.3, -0.25) is 0 Å². The Hall–Kier alpha value is -1.19. The lowest BCUT2D eigenvalue weighted by atomic mass is 10.4.